The van der Waals surface area contributed by atoms with Gasteiger partial charge in [-0.25, -0.2) is 8.42 Å². The molecule has 9 heteroatoms. The molecule has 176 valence electrons. The predicted molar refractivity (Wildman–Crippen MR) is 126 cm³/mol. The number of carbonyl (C=O) groups is 1. The van der Waals surface area contributed by atoms with E-state index in [0.29, 0.717) is 29.4 Å². The summed E-state index contributed by atoms with van der Waals surface area (Å²) in [4.78, 5) is 14.1. The van der Waals surface area contributed by atoms with Gasteiger partial charge in [0.05, 0.1) is 25.2 Å². The Morgan fingerprint density at radius 1 is 1.12 bits per heavy atom. The molecule has 3 aromatic rings. The summed E-state index contributed by atoms with van der Waals surface area (Å²) >= 11 is 0. The highest BCUT2D eigenvalue weighted by Crippen LogP contribution is 2.33. The van der Waals surface area contributed by atoms with Crippen LogP contribution in [0.3, 0.4) is 0 Å². The first-order valence-corrected chi connectivity index (χ1v) is 12.2. The second-order valence-electron chi connectivity index (χ2n) is 7.54. The number of hydrogen-bond acceptors (Lipinski definition) is 7. The lowest BCUT2D eigenvalue weighted by Gasteiger charge is -2.18. The van der Waals surface area contributed by atoms with Crippen molar-refractivity contribution in [1.29, 1.82) is 0 Å². The largest absolute Gasteiger partial charge is 0.495 e. The number of hydrogen-bond donors (Lipinski definition) is 0. The Hall–Kier alpha value is -3.33. The summed E-state index contributed by atoms with van der Waals surface area (Å²) < 4.78 is 42.4. The van der Waals surface area contributed by atoms with Gasteiger partial charge in [-0.2, -0.15) is 0 Å². The minimum Gasteiger partial charge on any atom is -0.495 e. The fraction of sp³-hybridized carbons (Fsp3) is 0.333. The lowest BCUT2D eigenvalue weighted by atomic mass is 10.1. The SMILES string of the molecule is CCOc1ccc(N(C)C(=O)CCS(=O)(=O)c2cc(-c3onc(C)c3C)ccc2OC)cc1. The van der Waals surface area contributed by atoms with Crippen molar-refractivity contribution in [3.05, 3.63) is 53.7 Å². The van der Waals surface area contributed by atoms with E-state index in [0.717, 1.165) is 11.3 Å². The number of carbonyl (C=O) groups excluding carboxylic acids is 1. The van der Waals surface area contributed by atoms with Crippen molar-refractivity contribution < 1.29 is 27.2 Å². The highest BCUT2D eigenvalue weighted by molar-refractivity contribution is 7.91. The summed E-state index contributed by atoms with van der Waals surface area (Å²) in [6.45, 7) is 6.11. The number of anilines is 1. The van der Waals surface area contributed by atoms with Gasteiger partial charge in [0.15, 0.2) is 15.6 Å². The van der Waals surface area contributed by atoms with Crippen LogP contribution in [0.25, 0.3) is 11.3 Å². The van der Waals surface area contributed by atoms with E-state index >= 15 is 0 Å². The molecule has 0 atom stereocenters. The zero-order chi connectivity index (χ0) is 24.2. The zero-order valence-corrected chi connectivity index (χ0v) is 20.2. The average molecular weight is 473 g/mol. The number of ether oxygens (including phenoxy) is 2. The molecule has 0 aliphatic heterocycles. The summed E-state index contributed by atoms with van der Waals surface area (Å²) in [5, 5.41) is 3.94. The molecule has 0 aliphatic carbocycles. The molecule has 8 nitrogen and oxygen atoms in total. The van der Waals surface area contributed by atoms with Gasteiger partial charge >= 0.3 is 0 Å². The Morgan fingerprint density at radius 3 is 2.39 bits per heavy atom. The van der Waals surface area contributed by atoms with E-state index in [9.17, 15) is 13.2 Å². The number of aromatic nitrogens is 1. The molecule has 0 aliphatic rings. The van der Waals surface area contributed by atoms with Crippen molar-refractivity contribution in [3.8, 4) is 22.8 Å². The van der Waals surface area contributed by atoms with Crippen LogP contribution in [0.5, 0.6) is 11.5 Å². The minimum atomic E-state index is -3.82. The topological polar surface area (TPSA) is 98.9 Å². The Morgan fingerprint density at radius 2 is 1.82 bits per heavy atom. The molecular weight excluding hydrogens is 444 g/mol. The molecule has 1 aromatic heterocycles. The second kappa shape index (κ2) is 10.1. The molecule has 0 N–H and O–H groups in total. The molecular formula is C24H28N2O6S. The Labute approximate surface area is 194 Å². The van der Waals surface area contributed by atoms with Gasteiger partial charge in [0, 0.05) is 30.3 Å². The molecule has 3 rings (SSSR count). The Bertz CT molecular complexity index is 1230. The number of methoxy groups -OCH3 is 1. The molecule has 2 aromatic carbocycles. The first kappa shape index (κ1) is 24.3. The van der Waals surface area contributed by atoms with Gasteiger partial charge in [-0.3, -0.25) is 4.79 Å². The maximum Gasteiger partial charge on any atom is 0.227 e. The Balaban J connectivity index is 1.78. The maximum atomic E-state index is 13.2. The zero-order valence-electron chi connectivity index (χ0n) is 19.4. The third-order valence-electron chi connectivity index (χ3n) is 5.41. The molecule has 0 bridgehead atoms. The number of rotatable bonds is 9. The van der Waals surface area contributed by atoms with Gasteiger partial charge in [0.25, 0.3) is 0 Å². The summed E-state index contributed by atoms with van der Waals surface area (Å²) in [5.41, 5.74) is 2.78. The Kier molecular flexibility index (Phi) is 7.43. The van der Waals surface area contributed by atoms with Gasteiger partial charge in [0.2, 0.25) is 5.91 Å². The van der Waals surface area contributed by atoms with Crippen LogP contribution >= 0.6 is 0 Å². The summed E-state index contributed by atoms with van der Waals surface area (Å²) in [7, 11) is -0.802. The number of amides is 1. The number of benzene rings is 2. The fourth-order valence-corrected chi connectivity index (χ4v) is 4.75. The van der Waals surface area contributed by atoms with Crippen LogP contribution in [0.1, 0.15) is 24.6 Å². The van der Waals surface area contributed by atoms with Crippen molar-refractivity contribution in [3.63, 3.8) is 0 Å². The van der Waals surface area contributed by atoms with Crippen LogP contribution in [-0.4, -0.2) is 46.0 Å². The third-order valence-corrected chi connectivity index (χ3v) is 7.14. The van der Waals surface area contributed by atoms with Crippen molar-refractivity contribution in [2.45, 2.75) is 32.1 Å². The lowest BCUT2D eigenvalue weighted by molar-refractivity contribution is -0.117. The first-order chi connectivity index (χ1) is 15.7. The van der Waals surface area contributed by atoms with E-state index in [2.05, 4.69) is 5.16 Å². The standard InChI is InChI=1S/C24H28N2O6S/c1-6-31-20-10-8-19(9-11-20)26(4)23(27)13-14-33(28,29)22-15-18(7-12-21(22)30-5)24-16(2)17(3)25-32-24/h7-12,15H,6,13-14H2,1-5H3. The van der Waals surface area contributed by atoms with Crippen LogP contribution in [0.4, 0.5) is 5.69 Å². The molecule has 0 radical (unpaired) electrons. The molecule has 33 heavy (non-hydrogen) atoms. The van der Waals surface area contributed by atoms with E-state index < -0.39 is 9.84 Å². The van der Waals surface area contributed by atoms with Crippen molar-refractivity contribution in [2.24, 2.45) is 0 Å². The monoisotopic (exact) mass is 472 g/mol. The lowest BCUT2D eigenvalue weighted by Crippen LogP contribution is -2.28. The predicted octanol–water partition coefficient (Wildman–Crippen LogP) is 4.19. The number of sulfone groups is 1. The molecule has 1 amide bonds. The van der Waals surface area contributed by atoms with Crippen LogP contribution in [0, 0.1) is 13.8 Å². The summed E-state index contributed by atoms with van der Waals surface area (Å²) in [6, 6.07) is 11.8. The minimum absolute atomic E-state index is 0.00692. The quantitative estimate of drug-likeness (QED) is 0.460. The van der Waals surface area contributed by atoms with Crippen LogP contribution in [0.15, 0.2) is 51.9 Å². The van der Waals surface area contributed by atoms with Gasteiger partial charge in [-0.05, 0) is 63.2 Å². The molecule has 0 saturated carbocycles. The molecule has 0 spiro atoms. The molecule has 0 unspecified atom stereocenters. The van der Waals surface area contributed by atoms with Crippen molar-refractivity contribution in [1.82, 2.24) is 5.16 Å². The summed E-state index contributed by atoms with van der Waals surface area (Å²) in [6.07, 6.45) is -0.181. The third kappa shape index (κ3) is 5.36. The van der Waals surface area contributed by atoms with Crippen molar-refractivity contribution in [2.75, 3.05) is 31.4 Å². The molecule has 0 fully saturated rings. The second-order valence-corrected chi connectivity index (χ2v) is 9.61. The van der Waals surface area contributed by atoms with E-state index in [-0.39, 0.29) is 28.7 Å². The first-order valence-electron chi connectivity index (χ1n) is 10.5. The molecule has 0 saturated heterocycles. The number of nitrogens with zero attached hydrogens (tertiary/aromatic N) is 2. The highest BCUT2D eigenvalue weighted by atomic mass is 32.2. The van der Waals surface area contributed by atoms with Crippen LogP contribution in [0.2, 0.25) is 0 Å². The average Bonchev–Trinajstić information content (AvgIpc) is 3.15. The molecule has 1 heterocycles. The van der Waals surface area contributed by atoms with Crippen LogP contribution in [-0.2, 0) is 14.6 Å². The normalized spacial score (nSPS) is 11.3. The van der Waals surface area contributed by atoms with Crippen LogP contribution < -0.4 is 14.4 Å². The summed E-state index contributed by atoms with van der Waals surface area (Å²) in [5.74, 6) is 0.729. The van der Waals surface area contributed by atoms with Crippen molar-refractivity contribution >= 4 is 21.4 Å². The fourth-order valence-electron chi connectivity index (χ4n) is 3.32. The maximum absolute atomic E-state index is 13.2. The number of aryl methyl sites for hydroxylation is 1. The van der Waals surface area contributed by atoms with Gasteiger partial charge in [0.1, 0.15) is 16.4 Å². The highest BCUT2D eigenvalue weighted by Gasteiger charge is 2.24. The smallest absolute Gasteiger partial charge is 0.227 e. The van der Waals surface area contributed by atoms with E-state index in [1.165, 1.54) is 18.1 Å². The van der Waals surface area contributed by atoms with Gasteiger partial charge in [-0.15, -0.1) is 0 Å². The van der Waals surface area contributed by atoms with Gasteiger partial charge < -0.3 is 18.9 Å². The van der Waals surface area contributed by atoms with E-state index in [1.807, 2.05) is 20.8 Å². The van der Waals surface area contributed by atoms with E-state index in [4.69, 9.17) is 14.0 Å². The van der Waals surface area contributed by atoms with Gasteiger partial charge in [-0.1, -0.05) is 5.16 Å². The van der Waals surface area contributed by atoms with E-state index in [1.54, 1.807) is 43.4 Å².